The van der Waals surface area contributed by atoms with Crippen molar-refractivity contribution in [3.05, 3.63) is 42.0 Å². The highest BCUT2D eigenvalue weighted by Gasteiger charge is 2.63. The van der Waals surface area contributed by atoms with Crippen molar-refractivity contribution < 1.29 is 28.2 Å². The van der Waals surface area contributed by atoms with E-state index in [2.05, 4.69) is 19.6 Å². The van der Waals surface area contributed by atoms with Crippen LogP contribution in [0.25, 0.3) is 0 Å². The zero-order valence-electron chi connectivity index (χ0n) is 19.3. The Balaban J connectivity index is 1.58. The molecular weight excluding hydrogens is 429 g/mol. The number of aliphatic hydroxyl groups excluding tert-OH is 1. The van der Waals surface area contributed by atoms with Gasteiger partial charge in [0, 0.05) is 11.8 Å². The maximum absolute atomic E-state index is 13.0. The van der Waals surface area contributed by atoms with Gasteiger partial charge in [0.1, 0.15) is 17.6 Å². The summed E-state index contributed by atoms with van der Waals surface area (Å²) in [6.45, 7) is 6.38. The Kier molecular flexibility index (Phi) is 6.45. The quantitative estimate of drug-likeness (QED) is 0.359. The van der Waals surface area contributed by atoms with Crippen molar-refractivity contribution >= 4 is 5.78 Å². The lowest BCUT2D eigenvalue weighted by Gasteiger charge is -2.59. The van der Waals surface area contributed by atoms with Crippen LogP contribution in [0.5, 0.6) is 5.75 Å². The van der Waals surface area contributed by atoms with Gasteiger partial charge in [0.05, 0.1) is 0 Å². The number of phenols is 1. The fraction of sp³-hybridized carbons (Fsp3) is 0.667. The monoisotopic (exact) mass is 464 g/mol. The average Bonchev–Trinajstić information content (AvgIpc) is 3.06. The maximum atomic E-state index is 13.0. The molecule has 2 unspecified atom stereocenters. The van der Waals surface area contributed by atoms with Gasteiger partial charge in [-0.3, -0.25) is 4.79 Å². The molecule has 2 saturated carbocycles. The number of aromatic hydroxyl groups is 1. The lowest BCUT2D eigenvalue weighted by molar-refractivity contribution is -0.205. The topological polar surface area (TPSA) is 57.5 Å². The van der Waals surface area contributed by atoms with Crippen LogP contribution in [-0.2, 0) is 11.2 Å². The number of halogens is 3. The van der Waals surface area contributed by atoms with Crippen LogP contribution in [0.4, 0.5) is 13.2 Å². The van der Waals surface area contributed by atoms with E-state index in [1.165, 1.54) is 5.56 Å². The van der Waals surface area contributed by atoms with Crippen LogP contribution in [0, 0.1) is 22.7 Å². The summed E-state index contributed by atoms with van der Waals surface area (Å²) in [5, 5.41) is 19.3. The Hall–Kier alpha value is -1.82. The first-order chi connectivity index (χ1) is 15.5. The van der Waals surface area contributed by atoms with E-state index >= 15 is 0 Å². The smallest absolute Gasteiger partial charge is 0.414 e. The molecule has 3 aliphatic rings. The molecule has 1 aromatic rings. The molecule has 182 valence electrons. The third-order valence-corrected chi connectivity index (χ3v) is 9.05. The van der Waals surface area contributed by atoms with Crippen molar-refractivity contribution in [2.24, 2.45) is 22.7 Å². The van der Waals surface area contributed by atoms with Crippen molar-refractivity contribution in [1.29, 1.82) is 0 Å². The summed E-state index contributed by atoms with van der Waals surface area (Å²) in [5.41, 5.74) is 1.83. The SMILES string of the molecule is C=CC12CCc3cc(O)ccc3[C@H]1[C@@H](CCCCCC(O)C(F)(F)F)C[C@]1(C)C(=O)CC[C@@H]21. The molecule has 2 N–H and O–H groups in total. The number of aliphatic hydroxyl groups is 1. The van der Waals surface area contributed by atoms with Crippen LogP contribution < -0.4 is 0 Å². The molecule has 6 heteroatoms. The summed E-state index contributed by atoms with van der Waals surface area (Å²) < 4.78 is 37.7. The lowest BCUT2D eigenvalue weighted by Crippen LogP contribution is -2.53. The van der Waals surface area contributed by atoms with Gasteiger partial charge in [0.15, 0.2) is 0 Å². The maximum Gasteiger partial charge on any atom is 0.414 e. The Morgan fingerprint density at radius 3 is 2.70 bits per heavy atom. The number of alkyl halides is 3. The first-order valence-corrected chi connectivity index (χ1v) is 12.3. The number of carbonyl (C=O) groups excluding carboxylic acids is 1. The highest BCUT2D eigenvalue weighted by molar-refractivity contribution is 5.87. The minimum Gasteiger partial charge on any atom is -0.508 e. The summed E-state index contributed by atoms with van der Waals surface area (Å²) in [7, 11) is 0. The van der Waals surface area contributed by atoms with E-state index in [1.54, 1.807) is 6.07 Å². The van der Waals surface area contributed by atoms with Gasteiger partial charge in [-0.2, -0.15) is 13.2 Å². The number of phenolic OH excluding ortho intramolecular Hbond substituents is 1. The van der Waals surface area contributed by atoms with Gasteiger partial charge < -0.3 is 10.2 Å². The molecule has 4 rings (SSSR count). The Bertz CT molecular complexity index is 910. The number of hydrogen-bond acceptors (Lipinski definition) is 3. The zero-order chi connectivity index (χ0) is 24.0. The van der Waals surface area contributed by atoms with E-state index in [0.717, 1.165) is 44.1 Å². The number of aryl methyl sites for hydroxylation is 1. The molecule has 0 amide bonds. The number of allylic oxidation sites excluding steroid dienone is 1. The number of benzene rings is 1. The van der Waals surface area contributed by atoms with Crippen molar-refractivity contribution in [3.8, 4) is 5.75 Å². The second-order valence-corrected chi connectivity index (χ2v) is 10.8. The average molecular weight is 465 g/mol. The Morgan fingerprint density at radius 2 is 2.00 bits per heavy atom. The zero-order valence-corrected chi connectivity index (χ0v) is 19.3. The van der Waals surface area contributed by atoms with Gasteiger partial charge in [-0.05, 0) is 85.0 Å². The molecule has 2 fully saturated rings. The highest BCUT2D eigenvalue weighted by atomic mass is 19.4. The van der Waals surface area contributed by atoms with Gasteiger partial charge in [0.2, 0.25) is 0 Å². The summed E-state index contributed by atoms with van der Waals surface area (Å²) in [5.74, 6) is 1.27. The fourth-order valence-corrected chi connectivity index (χ4v) is 7.57. The molecular formula is C27H35F3O3. The molecule has 0 aliphatic heterocycles. The van der Waals surface area contributed by atoms with E-state index in [-0.39, 0.29) is 40.8 Å². The number of hydrogen-bond donors (Lipinski definition) is 2. The minimum absolute atomic E-state index is 0.180. The van der Waals surface area contributed by atoms with Crippen LogP contribution in [0.3, 0.4) is 0 Å². The summed E-state index contributed by atoms with van der Waals surface area (Å²) >= 11 is 0. The number of carbonyl (C=O) groups is 1. The Labute approximate surface area is 194 Å². The third kappa shape index (κ3) is 4.13. The van der Waals surface area contributed by atoms with Crippen LogP contribution in [0.1, 0.15) is 81.8 Å². The predicted octanol–water partition coefficient (Wildman–Crippen LogP) is 6.47. The highest BCUT2D eigenvalue weighted by Crippen LogP contribution is 2.68. The number of rotatable bonds is 7. The molecule has 0 heterocycles. The van der Waals surface area contributed by atoms with Crippen molar-refractivity contribution in [2.75, 3.05) is 0 Å². The van der Waals surface area contributed by atoms with E-state index in [0.29, 0.717) is 25.0 Å². The summed E-state index contributed by atoms with van der Waals surface area (Å²) in [4.78, 5) is 13.0. The van der Waals surface area contributed by atoms with Gasteiger partial charge in [-0.15, -0.1) is 6.58 Å². The van der Waals surface area contributed by atoms with Crippen LogP contribution in [0.2, 0.25) is 0 Å². The minimum atomic E-state index is -4.56. The fourth-order valence-electron chi connectivity index (χ4n) is 7.57. The van der Waals surface area contributed by atoms with E-state index in [4.69, 9.17) is 0 Å². The lowest BCUT2D eigenvalue weighted by atomic mass is 9.44. The van der Waals surface area contributed by atoms with Crippen molar-refractivity contribution in [2.45, 2.75) is 89.3 Å². The van der Waals surface area contributed by atoms with Crippen LogP contribution in [-0.4, -0.2) is 28.3 Å². The second kappa shape index (κ2) is 8.75. The first-order valence-electron chi connectivity index (χ1n) is 12.3. The van der Waals surface area contributed by atoms with E-state index < -0.39 is 12.3 Å². The molecule has 6 atom stereocenters. The molecule has 0 aromatic heterocycles. The van der Waals surface area contributed by atoms with Crippen LogP contribution in [0.15, 0.2) is 30.9 Å². The molecule has 3 aliphatic carbocycles. The predicted molar refractivity (Wildman–Crippen MR) is 121 cm³/mol. The number of ketones is 1. The number of fused-ring (bicyclic) bond motifs is 5. The van der Waals surface area contributed by atoms with E-state index in [1.807, 2.05) is 12.1 Å². The normalized spacial score (nSPS) is 34.3. The van der Waals surface area contributed by atoms with Gasteiger partial charge in [-0.25, -0.2) is 0 Å². The molecule has 33 heavy (non-hydrogen) atoms. The van der Waals surface area contributed by atoms with E-state index in [9.17, 15) is 28.2 Å². The number of Topliss-reactive ketones (excluding diaryl/α,β-unsaturated/α-hetero) is 1. The summed E-state index contributed by atoms with van der Waals surface area (Å²) in [6.07, 6.45) is 1.58. The first kappa shape index (κ1) is 24.3. The molecule has 0 radical (unpaired) electrons. The summed E-state index contributed by atoms with van der Waals surface area (Å²) in [6, 6.07) is 5.62. The largest absolute Gasteiger partial charge is 0.508 e. The molecule has 1 aromatic carbocycles. The standard InChI is InChI=1S/C27H35F3O3/c1-3-26-14-13-17-15-19(31)9-10-20(17)24(26)18(16-25(2)21(26)11-12-22(25)32)7-5-4-6-8-23(33)27(28,29)30/h3,9-10,15,18,21,23-24,31,33H,1,4-8,11-14,16H2,2H3/t18-,21+,23?,24+,25-,26?/m0/s1. The molecule has 0 saturated heterocycles. The van der Waals surface area contributed by atoms with Crippen LogP contribution >= 0.6 is 0 Å². The van der Waals surface area contributed by atoms with Gasteiger partial charge >= 0.3 is 6.18 Å². The van der Waals surface area contributed by atoms with Gasteiger partial charge in [0.25, 0.3) is 0 Å². The Morgan fingerprint density at radius 1 is 1.24 bits per heavy atom. The van der Waals surface area contributed by atoms with Crippen molar-refractivity contribution in [1.82, 2.24) is 0 Å². The third-order valence-electron chi connectivity index (χ3n) is 9.05. The van der Waals surface area contributed by atoms with Gasteiger partial charge in [-0.1, -0.05) is 38.3 Å². The van der Waals surface area contributed by atoms with Crippen molar-refractivity contribution in [3.63, 3.8) is 0 Å². The second-order valence-electron chi connectivity index (χ2n) is 10.8. The number of unbranched alkanes of at least 4 members (excludes halogenated alkanes) is 2. The molecule has 0 spiro atoms. The molecule has 3 nitrogen and oxygen atoms in total. The molecule has 0 bridgehead atoms.